The molecule has 0 unspecified atom stereocenters. The Morgan fingerprint density at radius 3 is 2.14 bits per heavy atom. The Morgan fingerprint density at radius 2 is 2.14 bits per heavy atom. The summed E-state index contributed by atoms with van der Waals surface area (Å²) in [5, 5.41) is 9.49. The second kappa shape index (κ2) is 6.29. The molecule has 2 radical (unpaired) electrons. The minimum atomic E-state index is -0.961. The standard InChI is InChI=1S/C4H8O2.Sb/c1-2-3-4(5)6;/h2-3H2,1H3,(H,5,6);/q;+3/p-1. The van der Waals surface area contributed by atoms with E-state index in [1.54, 1.807) is 6.92 Å². The molecular formula is C4H7O2Sb+2. The smallest absolute Gasteiger partial charge is 0.550 e. The summed E-state index contributed by atoms with van der Waals surface area (Å²) in [5.41, 5.74) is 0. The molecule has 0 saturated carbocycles. The zero-order valence-electron chi connectivity index (χ0n) is 4.18. The normalized spacial score (nSPS) is 7.00. The van der Waals surface area contributed by atoms with Crippen LogP contribution in [-0.4, -0.2) is 30.4 Å². The van der Waals surface area contributed by atoms with Gasteiger partial charge in [-0.1, -0.05) is 13.3 Å². The topological polar surface area (TPSA) is 40.1 Å². The molecule has 0 amide bonds. The van der Waals surface area contributed by atoms with E-state index in [0.29, 0.717) is 6.42 Å². The van der Waals surface area contributed by atoms with Crippen LogP contribution < -0.4 is 5.11 Å². The molecule has 0 rings (SSSR count). The molecule has 0 saturated heterocycles. The molecule has 0 aromatic carbocycles. The maximum absolute atomic E-state index is 9.49. The van der Waals surface area contributed by atoms with Gasteiger partial charge in [-0.15, -0.1) is 0 Å². The van der Waals surface area contributed by atoms with Gasteiger partial charge in [0, 0.05) is 5.97 Å². The van der Waals surface area contributed by atoms with Gasteiger partial charge < -0.3 is 9.90 Å². The first kappa shape index (κ1) is 10.3. The van der Waals surface area contributed by atoms with E-state index in [4.69, 9.17) is 0 Å². The number of hydrogen-bond acceptors (Lipinski definition) is 2. The fourth-order valence-electron chi connectivity index (χ4n) is 0.204. The van der Waals surface area contributed by atoms with Gasteiger partial charge in [0.1, 0.15) is 0 Å². The largest absolute Gasteiger partial charge is 3.00 e. The second-order valence-electron chi connectivity index (χ2n) is 1.12. The van der Waals surface area contributed by atoms with Crippen molar-refractivity contribution in [2.45, 2.75) is 19.8 Å². The molecule has 0 aromatic heterocycles. The first-order chi connectivity index (χ1) is 2.77. The van der Waals surface area contributed by atoms with Crippen molar-refractivity contribution < 1.29 is 9.90 Å². The van der Waals surface area contributed by atoms with Gasteiger partial charge in [0.15, 0.2) is 0 Å². The molecule has 0 aliphatic rings. The van der Waals surface area contributed by atoms with Crippen molar-refractivity contribution in [2.75, 3.05) is 0 Å². The molecule has 0 aromatic rings. The van der Waals surface area contributed by atoms with Crippen LogP contribution >= 0.6 is 0 Å². The fraction of sp³-hybridized carbons (Fsp3) is 0.750. The molecule has 0 aliphatic carbocycles. The van der Waals surface area contributed by atoms with Gasteiger partial charge in [0.05, 0.1) is 0 Å². The molecular weight excluding hydrogens is 202 g/mol. The van der Waals surface area contributed by atoms with Crippen LogP contribution in [0.25, 0.3) is 0 Å². The SMILES string of the molecule is CCCC(=O)[O-].[Sb+3]. The van der Waals surface area contributed by atoms with Gasteiger partial charge in [-0.3, -0.25) is 0 Å². The first-order valence-electron chi connectivity index (χ1n) is 1.97. The summed E-state index contributed by atoms with van der Waals surface area (Å²) in [7, 11) is 0. The number of rotatable bonds is 2. The van der Waals surface area contributed by atoms with Crippen LogP contribution in [0.15, 0.2) is 0 Å². The molecule has 0 atom stereocenters. The van der Waals surface area contributed by atoms with Crippen LogP contribution in [0, 0.1) is 0 Å². The number of carboxylic acids is 1. The van der Waals surface area contributed by atoms with Gasteiger partial charge in [0.2, 0.25) is 0 Å². The van der Waals surface area contributed by atoms with Crippen LogP contribution in [0.2, 0.25) is 0 Å². The number of aliphatic carboxylic acids is 1. The van der Waals surface area contributed by atoms with Crippen molar-refractivity contribution in [2.24, 2.45) is 0 Å². The van der Waals surface area contributed by atoms with E-state index in [1.807, 2.05) is 0 Å². The Labute approximate surface area is 60.4 Å². The average Bonchev–Trinajstić information content (AvgIpc) is 1.35. The second-order valence-corrected chi connectivity index (χ2v) is 1.12. The molecule has 0 heterocycles. The van der Waals surface area contributed by atoms with Gasteiger partial charge in [-0.2, -0.15) is 0 Å². The van der Waals surface area contributed by atoms with Crippen molar-refractivity contribution >= 4 is 30.4 Å². The van der Waals surface area contributed by atoms with Gasteiger partial charge in [-0.05, 0) is 6.42 Å². The quantitative estimate of drug-likeness (QED) is 0.556. The molecule has 0 fully saturated rings. The Bertz CT molecular complexity index is 53.7. The van der Waals surface area contributed by atoms with E-state index < -0.39 is 5.97 Å². The van der Waals surface area contributed by atoms with Gasteiger partial charge in [0.25, 0.3) is 0 Å². The van der Waals surface area contributed by atoms with Crippen LogP contribution in [0.5, 0.6) is 0 Å². The Balaban J connectivity index is 0. The maximum atomic E-state index is 9.49. The predicted octanol–water partition coefficient (Wildman–Crippen LogP) is -0.844. The minimum absolute atomic E-state index is 0. The maximum Gasteiger partial charge on any atom is 3.00 e. The summed E-state index contributed by atoms with van der Waals surface area (Å²) in [4.78, 5) is 9.49. The van der Waals surface area contributed by atoms with Crippen molar-refractivity contribution in [3.8, 4) is 0 Å². The van der Waals surface area contributed by atoms with Crippen LogP contribution in [0.3, 0.4) is 0 Å². The number of carbonyl (C=O) groups excluding carboxylic acids is 1. The molecule has 3 heteroatoms. The molecule has 0 bridgehead atoms. The minimum Gasteiger partial charge on any atom is -0.550 e. The zero-order chi connectivity index (χ0) is 4.99. The summed E-state index contributed by atoms with van der Waals surface area (Å²) in [6.07, 6.45) is 0.850. The third kappa shape index (κ3) is 10.7. The Hall–Kier alpha value is 0.288. The predicted molar refractivity (Wildman–Crippen MR) is 25.7 cm³/mol. The molecule has 2 nitrogen and oxygen atoms in total. The van der Waals surface area contributed by atoms with Gasteiger partial charge >= 0.3 is 24.4 Å². The third-order valence-corrected chi connectivity index (χ3v) is 0.454. The Kier molecular flexibility index (Phi) is 9.26. The van der Waals surface area contributed by atoms with Crippen molar-refractivity contribution in [3.63, 3.8) is 0 Å². The monoisotopic (exact) mass is 208 g/mol. The van der Waals surface area contributed by atoms with E-state index in [2.05, 4.69) is 0 Å². The Morgan fingerprint density at radius 1 is 1.71 bits per heavy atom. The van der Waals surface area contributed by atoms with E-state index in [0.717, 1.165) is 0 Å². The van der Waals surface area contributed by atoms with Crippen molar-refractivity contribution in [1.82, 2.24) is 0 Å². The third-order valence-electron chi connectivity index (χ3n) is 0.454. The molecule has 0 spiro atoms. The number of carboxylic acid groups (broad SMARTS) is 1. The average molecular weight is 209 g/mol. The molecule has 7 heavy (non-hydrogen) atoms. The first-order valence-corrected chi connectivity index (χ1v) is 1.97. The van der Waals surface area contributed by atoms with E-state index in [9.17, 15) is 9.90 Å². The fourth-order valence-corrected chi connectivity index (χ4v) is 0.204. The van der Waals surface area contributed by atoms with E-state index in [-0.39, 0.29) is 30.8 Å². The zero-order valence-corrected chi connectivity index (χ0v) is 6.73. The summed E-state index contributed by atoms with van der Waals surface area (Å²) in [6.45, 7) is 1.80. The van der Waals surface area contributed by atoms with E-state index >= 15 is 0 Å². The molecule has 0 aliphatic heterocycles. The summed E-state index contributed by atoms with van der Waals surface area (Å²) < 4.78 is 0. The van der Waals surface area contributed by atoms with Gasteiger partial charge in [-0.25, -0.2) is 0 Å². The van der Waals surface area contributed by atoms with Crippen LogP contribution in [-0.2, 0) is 4.79 Å². The number of carbonyl (C=O) groups is 1. The van der Waals surface area contributed by atoms with Crippen molar-refractivity contribution in [1.29, 1.82) is 0 Å². The summed E-state index contributed by atoms with van der Waals surface area (Å²) in [6, 6.07) is 0. The van der Waals surface area contributed by atoms with Crippen molar-refractivity contribution in [3.05, 3.63) is 0 Å². The van der Waals surface area contributed by atoms with E-state index in [1.165, 1.54) is 0 Å². The number of hydrogen-bond donors (Lipinski definition) is 0. The summed E-state index contributed by atoms with van der Waals surface area (Å²) in [5.74, 6) is -0.961. The molecule has 38 valence electrons. The van der Waals surface area contributed by atoms with Crippen LogP contribution in [0.4, 0.5) is 0 Å². The summed E-state index contributed by atoms with van der Waals surface area (Å²) >= 11 is 0. The van der Waals surface area contributed by atoms with Crippen LogP contribution in [0.1, 0.15) is 19.8 Å². The molecule has 0 N–H and O–H groups in total.